The molecular weight excluding hydrogens is 156 g/mol. The number of hydrogen-bond acceptors (Lipinski definition) is 0. The van der Waals surface area contributed by atoms with E-state index in [4.69, 9.17) is 0 Å². The second-order valence-electron chi connectivity index (χ2n) is 2.72. The molecule has 0 spiro atoms. The van der Waals surface area contributed by atoms with Crippen molar-refractivity contribution in [1.29, 1.82) is 0 Å². The van der Waals surface area contributed by atoms with Crippen LogP contribution >= 0.6 is 13.5 Å². The average Bonchev–Trinajstić information content (AvgIpc) is 1.88. The van der Waals surface area contributed by atoms with Crippen molar-refractivity contribution in [3.8, 4) is 5.75 Å². The number of rotatable bonds is 1. The summed E-state index contributed by atoms with van der Waals surface area (Å²) in [6.07, 6.45) is 0. The third-order valence-corrected chi connectivity index (χ3v) is 1.55. The first-order valence-corrected chi connectivity index (χ1v) is 3.47. The van der Waals surface area contributed by atoms with Crippen molar-refractivity contribution in [2.75, 3.05) is 0 Å². The smallest absolute Gasteiger partial charge is 0.178 e. The summed E-state index contributed by atoms with van der Waals surface area (Å²) in [5, 5.41) is 10.6. The fourth-order valence-electron chi connectivity index (χ4n) is 0.853. The molecule has 0 N–H and O–H groups in total. The van der Waals surface area contributed by atoms with E-state index in [0.717, 1.165) is 0 Å². The summed E-state index contributed by atoms with van der Waals surface area (Å²) >= 11 is 0. The molecule has 1 nitrogen and oxygen atoms in total. The first-order chi connectivity index (χ1) is 4.70. The molecule has 0 saturated heterocycles. The Bertz CT molecular complexity index is 203. The van der Waals surface area contributed by atoms with E-state index < -0.39 is 0 Å². The molecule has 1 rings (SSSR count). The van der Waals surface area contributed by atoms with E-state index in [1.807, 2.05) is 12.1 Å². The molecule has 0 amide bonds. The van der Waals surface area contributed by atoms with Crippen LogP contribution in [0.5, 0.6) is 5.75 Å². The highest BCUT2D eigenvalue weighted by atomic mass is 32.1. The lowest BCUT2D eigenvalue weighted by Gasteiger charge is -2.02. The predicted molar refractivity (Wildman–Crippen MR) is 51.0 cm³/mol. The molecule has 0 aliphatic carbocycles. The molecule has 11 heavy (non-hydrogen) atoms. The minimum absolute atomic E-state index is 0. The molecule has 0 aliphatic heterocycles. The van der Waals surface area contributed by atoms with E-state index in [9.17, 15) is 5.11 Å². The van der Waals surface area contributed by atoms with E-state index in [1.54, 1.807) is 12.1 Å². The van der Waals surface area contributed by atoms with Gasteiger partial charge < -0.3 is 0 Å². The van der Waals surface area contributed by atoms with E-state index >= 15 is 0 Å². The molecule has 0 aliphatic rings. The van der Waals surface area contributed by atoms with Gasteiger partial charge in [-0.05, 0) is 23.6 Å². The Morgan fingerprint density at radius 3 is 1.91 bits per heavy atom. The third-order valence-electron chi connectivity index (χ3n) is 1.55. The molecular formula is C9H13OS. The van der Waals surface area contributed by atoms with Crippen LogP contribution in [-0.4, -0.2) is 0 Å². The van der Waals surface area contributed by atoms with Crippen molar-refractivity contribution >= 4 is 13.5 Å². The zero-order valence-corrected chi connectivity index (χ0v) is 7.79. The van der Waals surface area contributed by atoms with Crippen molar-refractivity contribution < 1.29 is 5.11 Å². The van der Waals surface area contributed by atoms with Gasteiger partial charge in [0.25, 0.3) is 0 Å². The first kappa shape index (κ1) is 10.4. The molecule has 0 saturated carbocycles. The van der Waals surface area contributed by atoms with Crippen LogP contribution in [0.2, 0.25) is 0 Å². The van der Waals surface area contributed by atoms with Gasteiger partial charge in [-0.1, -0.05) is 26.0 Å². The Labute approximate surface area is 74.5 Å². The zero-order chi connectivity index (χ0) is 7.56. The van der Waals surface area contributed by atoms with Gasteiger partial charge in [0.05, 0.1) is 0 Å². The van der Waals surface area contributed by atoms with Crippen molar-refractivity contribution in [1.82, 2.24) is 0 Å². The zero-order valence-electron chi connectivity index (χ0n) is 6.79. The van der Waals surface area contributed by atoms with Gasteiger partial charge in [-0.2, -0.15) is 13.5 Å². The minimum atomic E-state index is 0. The second kappa shape index (κ2) is 4.29. The summed E-state index contributed by atoms with van der Waals surface area (Å²) in [6.45, 7) is 4.22. The SMILES string of the molecule is CC(C)c1ccc([O])cc1.S. The normalized spacial score (nSPS) is 9.36. The van der Waals surface area contributed by atoms with Crippen molar-refractivity contribution in [3.05, 3.63) is 29.8 Å². The molecule has 0 unspecified atom stereocenters. The monoisotopic (exact) mass is 169 g/mol. The summed E-state index contributed by atoms with van der Waals surface area (Å²) in [5.74, 6) is 0.602. The lowest BCUT2D eigenvalue weighted by molar-refractivity contribution is 0.354. The Morgan fingerprint density at radius 1 is 1.09 bits per heavy atom. The van der Waals surface area contributed by atoms with Gasteiger partial charge in [-0.15, -0.1) is 0 Å². The Morgan fingerprint density at radius 2 is 1.55 bits per heavy atom. The highest BCUT2D eigenvalue weighted by molar-refractivity contribution is 7.59. The van der Waals surface area contributed by atoms with Gasteiger partial charge in [0.2, 0.25) is 0 Å². The molecule has 0 aromatic heterocycles. The molecule has 0 fully saturated rings. The van der Waals surface area contributed by atoms with E-state index in [0.29, 0.717) is 5.92 Å². The molecule has 2 heteroatoms. The molecule has 0 atom stereocenters. The van der Waals surface area contributed by atoms with E-state index in [1.165, 1.54) is 5.56 Å². The largest absolute Gasteiger partial charge is 0.290 e. The molecule has 0 heterocycles. The predicted octanol–water partition coefficient (Wildman–Crippen LogP) is 3.07. The maximum atomic E-state index is 10.6. The van der Waals surface area contributed by atoms with Crippen molar-refractivity contribution in [3.63, 3.8) is 0 Å². The first-order valence-electron chi connectivity index (χ1n) is 3.47. The molecule has 1 radical (unpaired) electrons. The highest BCUT2D eigenvalue weighted by Gasteiger charge is 1.97. The van der Waals surface area contributed by atoms with Crippen molar-refractivity contribution in [2.24, 2.45) is 0 Å². The Kier molecular flexibility index (Phi) is 4.04. The topological polar surface area (TPSA) is 19.9 Å². The highest BCUT2D eigenvalue weighted by Crippen LogP contribution is 2.17. The fourth-order valence-corrected chi connectivity index (χ4v) is 0.853. The van der Waals surface area contributed by atoms with Gasteiger partial charge in [0.15, 0.2) is 5.75 Å². The van der Waals surface area contributed by atoms with Crippen LogP contribution in [0.3, 0.4) is 0 Å². The quantitative estimate of drug-likeness (QED) is 0.615. The van der Waals surface area contributed by atoms with Gasteiger partial charge in [-0.3, -0.25) is 5.11 Å². The summed E-state index contributed by atoms with van der Waals surface area (Å²) in [7, 11) is 0. The van der Waals surface area contributed by atoms with E-state index in [2.05, 4.69) is 13.8 Å². The van der Waals surface area contributed by atoms with Crippen LogP contribution in [0.1, 0.15) is 25.3 Å². The Hall–Kier alpha value is -0.630. The third kappa shape index (κ3) is 2.85. The summed E-state index contributed by atoms with van der Waals surface area (Å²) in [4.78, 5) is 0. The summed E-state index contributed by atoms with van der Waals surface area (Å²) < 4.78 is 0. The average molecular weight is 169 g/mol. The van der Waals surface area contributed by atoms with Gasteiger partial charge in [0, 0.05) is 0 Å². The van der Waals surface area contributed by atoms with Gasteiger partial charge in [0.1, 0.15) is 0 Å². The van der Waals surface area contributed by atoms with Gasteiger partial charge in [-0.25, -0.2) is 0 Å². The van der Waals surface area contributed by atoms with E-state index in [-0.39, 0.29) is 19.2 Å². The van der Waals surface area contributed by atoms with Crippen LogP contribution in [0.4, 0.5) is 0 Å². The van der Waals surface area contributed by atoms with Crippen LogP contribution in [-0.2, 0) is 5.11 Å². The Balaban J connectivity index is 0.000001000. The standard InChI is InChI=1S/C9H11O.H2S/c1-7(2)8-3-5-9(10)6-4-8;/h3-7H,1-2H3;1H2. The van der Waals surface area contributed by atoms with Gasteiger partial charge >= 0.3 is 0 Å². The maximum Gasteiger partial charge on any atom is 0.178 e. The summed E-state index contributed by atoms with van der Waals surface area (Å²) in [6, 6.07) is 6.98. The van der Waals surface area contributed by atoms with Crippen LogP contribution in [0.25, 0.3) is 0 Å². The lowest BCUT2D eigenvalue weighted by Crippen LogP contribution is -1.83. The molecule has 0 bridgehead atoms. The lowest BCUT2D eigenvalue weighted by atomic mass is 10.0. The number of benzene rings is 1. The van der Waals surface area contributed by atoms with Crippen molar-refractivity contribution in [2.45, 2.75) is 19.8 Å². The van der Waals surface area contributed by atoms with Crippen LogP contribution in [0.15, 0.2) is 24.3 Å². The van der Waals surface area contributed by atoms with Crippen LogP contribution < -0.4 is 0 Å². The summed E-state index contributed by atoms with van der Waals surface area (Å²) in [5.41, 5.74) is 1.22. The van der Waals surface area contributed by atoms with Crippen LogP contribution in [0, 0.1) is 0 Å². The molecule has 1 aromatic rings. The fraction of sp³-hybridized carbons (Fsp3) is 0.333. The second-order valence-corrected chi connectivity index (χ2v) is 2.72. The maximum absolute atomic E-state index is 10.6. The molecule has 61 valence electrons. The minimum Gasteiger partial charge on any atom is -0.290 e. The number of hydrogen-bond donors (Lipinski definition) is 0. The molecule has 1 aromatic carbocycles.